The van der Waals surface area contributed by atoms with Gasteiger partial charge in [-0.2, -0.15) is 5.26 Å². The summed E-state index contributed by atoms with van der Waals surface area (Å²) in [7, 11) is 0. The fourth-order valence-electron chi connectivity index (χ4n) is 4.12. The van der Waals surface area contributed by atoms with Crippen molar-refractivity contribution in [1.82, 2.24) is 25.3 Å². The first kappa shape index (κ1) is 24.8. The van der Waals surface area contributed by atoms with E-state index in [-0.39, 0.29) is 29.7 Å². The number of hydrazine groups is 1. The average Bonchev–Trinajstić information content (AvgIpc) is 3.32. The van der Waals surface area contributed by atoms with Crippen LogP contribution in [0.4, 0.5) is 0 Å². The number of nitriles is 1. The van der Waals surface area contributed by atoms with Gasteiger partial charge in [0, 0.05) is 31.3 Å². The molecule has 0 spiro atoms. The van der Waals surface area contributed by atoms with Gasteiger partial charge in [0.15, 0.2) is 12.0 Å². The van der Waals surface area contributed by atoms with E-state index in [0.29, 0.717) is 32.4 Å². The summed E-state index contributed by atoms with van der Waals surface area (Å²) < 4.78 is 0. The van der Waals surface area contributed by atoms with Crippen LogP contribution in [0, 0.1) is 23.3 Å². The van der Waals surface area contributed by atoms with Crippen molar-refractivity contribution in [2.24, 2.45) is 11.8 Å². The van der Waals surface area contributed by atoms with E-state index in [1.807, 2.05) is 50.4 Å². The van der Waals surface area contributed by atoms with Gasteiger partial charge in [-0.05, 0) is 30.7 Å². The lowest BCUT2D eigenvalue weighted by molar-refractivity contribution is -0.146. The van der Waals surface area contributed by atoms with Crippen molar-refractivity contribution in [1.29, 1.82) is 5.26 Å². The maximum atomic E-state index is 13.5. The summed E-state index contributed by atoms with van der Waals surface area (Å²) in [4.78, 5) is 47.4. The molecule has 9 heteroatoms. The van der Waals surface area contributed by atoms with E-state index in [1.54, 1.807) is 0 Å². The molecule has 1 aromatic heterocycles. The van der Waals surface area contributed by atoms with Gasteiger partial charge < -0.3 is 5.32 Å². The Morgan fingerprint density at radius 3 is 2.56 bits per heavy atom. The SMILES string of the molecule is CC(C)CC(CC(=O)C(Cc1ccccc1)NC(=O)c1cnccn1)C(=O)N1CCCN1C#N. The number of rotatable bonds is 10. The normalized spacial score (nSPS) is 15.0. The van der Waals surface area contributed by atoms with Crippen LogP contribution in [0.25, 0.3) is 0 Å². The Bertz CT molecular complexity index is 1020. The molecular formula is C25H30N6O3. The Labute approximate surface area is 199 Å². The number of nitrogens with zero attached hydrogens (tertiary/aromatic N) is 5. The fourth-order valence-corrected chi connectivity index (χ4v) is 4.12. The van der Waals surface area contributed by atoms with Crippen LogP contribution in [0.2, 0.25) is 0 Å². The minimum Gasteiger partial charge on any atom is -0.341 e. The number of Topliss-reactive ketones (excluding diaryl/α,β-unsaturated/α-hetero) is 1. The van der Waals surface area contributed by atoms with Crippen LogP contribution >= 0.6 is 0 Å². The minimum absolute atomic E-state index is 0.0228. The first-order valence-corrected chi connectivity index (χ1v) is 11.5. The zero-order chi connectivity index (χ0) is 24.5. The van der Waals surface area contributed by atoms with Gasteiger partial charge in [-0.25, -0.2) is 15.0 Å². The summed E-state index contributed by atoms with van der Waals surface area (Å²) in [6.45, 7) is 4.95. The maximum absolute atomic E-state index is 13.5. The first-order valence-electron chi connectivity index (χ1n) is 11.5. The second-order valence-corrected chi connectivity index (χ2v) is 8.84. The standard InChI is InChI=1S/C25H30N6O3/c1-18(2)13-20(25(34)31-12-6-11-30(31)17-26)15-23(32)21(14-19-7-4-3-5-8-19)29-24(33)22-16-27-9-10-28-22/h3-5,7-10,16,18,20-21H,6,11-15H2,1-2H3,(H,29,33). The van der Waals surface area contributed by atoms with Crippen LogP contribution in [0.3, 0.4) is 0 Å². The second-order valence-electron chi connectivity index (χ2n) is 8.84. The zero-order valence-corrected chi connectivity index (χ0v) is 19.6. The van der Waals surface area contributed by atoms with E-state index >= 15 is 0 Å². The number of carbonyl (C=O) groups excluding carboxylic acids is 3. The van der Waals surface area contributed by atoms with Gasteiger partial charge in [-0.15, -0.1) is 0 Å². The molecule has 1 N–H and O–H groups in total. The summed E-state index contributed by atoms with van der Waals surface area (Å²) in [5.74, 6) is -1.35. The molecule has 0 radical (unpaired) electrons. The first-order chi connectivity index (χ1) is 16.4. The number of benzene rings is 1. The molecule has 34 heavy (non-hydrogen) atoms. The van der Waals surface area contributed by atoms with E-state index < -0.39 is 17.9 Å². The average molecular weight is 463 g/mol. The third kappa shape index (κ3) is 6.61. The molecule has 2 amide bonds. The number of ketones is 1. The molecule has 2 heterocycles. The molecule has 9 nitrogen and oxygen atoms in total. The maximum Gasteiger partial charge on any atom is 0.272 e. The van der Waals surface area contributed by atoms with Crippen LogP contribution in [-0.2, 0) is 16.0 Å². The summed E-state index contributed by atoms with van der Waals surface area (Å²) >= 11 is 0. The van der Waals surface area contributed by atoms with E-state index in [1.165, 1.54) is 28.6 Å². The van der Waals surface area contributed by atoms with Gasteiger partial charge in [-0.1, -0.05) is 44.2 Å². The van der Waals surface area contributed by atoms with Crippen LogP contribution in [0.5, 0.6) is 0 Å². The molecule has 2 aromatic rings. The smallest absolute Gasteiger partial charge is 0.272 e. The molecule has 1 aliphatic rings. The van der Waals surface area contributed by atoms with Crippen molar-refractivity contribution >= 4 is 17.6 Å². The van der Waals surface area contributed by atoms with Gasteiger partial charge >= 0.3 is 0 Å². The summed E-state index contributed by atoms with van der Waals surface area (Å²) in [6.07, 6.45) is 7.76. The number of amides is 2. The van der Waals surface area contributed by atoms with Crippen LogP contribution in [-0.4, -0.2) is 56.7 Å². The molecule has 1 aromatic carbocycles. The highest BCUT2D eigenvalue weighted by molar-refractivity contribution is 5.97. The molecule has 3 rings (SSSR count). The molecule has 1 aliphatic heterocycles. The highest BCUT2D eigenvalue weighted by atomic mass is 16.2. The number of aromatic nitrogens is 2. The highest BCUT2D eigenvalue weighted by Crippen LogP contribution is 2.23. The van der Waals surface area contributed by atoms with Gasteiger partial charge in [0.2, 0.25) is 5.91 Å². The lowest BCUT2D eigenvalue weighted by atomic mass is 9.88. The predicted molar refractivity (Wildman–Crippen MR) is 125 cm³/mol. The van der Waals surface area contributed by atoms with Crippen molar-refractivity contribution in [2.45, 2.75) is 45.6 Å². The molecule has 178 valence electrons. The summed E-state index contributed by atoms with van der Waals surface area (Å²) in [5, 5.41) is 14.9. The van der Waals surface area contributed by atoms with E-state index in [4.69, 9.17) is 0 Å². The fraction of sp³-hybridized carbons (Fsp3) is 0.440. The molecule has 1 saturated heterocycles. The third-order valence-corrected chi connectivity index (χ3v) is 5.73. The Hall–Kier alpha value is -3.80. The van der Waals surface area contributed by atoms with Crippen LogP contribution in [0.15, 0.2) is 48.9 Å². The molecule has 2 unspecified atom stereocenters. The lowest BCUT2D eigenvalue weighted by Gasteiger charge is -2.29. The summed E-state index contributed by atoms with van der Waals surface area (Å²) in [5.41, 5.74) is 1.01. The van der Waals surface area contributed by atoms with E-state index in [9.17, 15) is 19.6 Å². The number of hydrogen-bond donors (Lipinski definition) is 1. The third-order valence-electron chi connectivity index (χ3n) is 5.73. The Balaban J connectivity index is 1.80. The second kappa shape index (κ2) is 11.9. The van der Waals surface area contributed by atoms with E-state index in [0.717, 1.165) is 5.56 Å². The van der Waals surface area contributed by atoms with Gasteiger partial charge in [0.1, 0.15) is 5.69 Å². The van der Waals surface area contributed by atoms with Crippen molar-refractivity contribution < 1.29 is 14.4 Å². The van der Waals surface area contributed by atoms with Gasteiger partial charge in [-0.3, -0.25) is 19.4 Å². The Morgan fingerprint density at radius 2 is 1.91 bits per heavy atom. The topological polar surface area (TPSA) is 119 Å². The lowest BCUT2D eigenvalue weighted by Crippen LogP contribution is -2.46. The summed E-state index contributed by atoms with van der Waals surface area (Å²) in [6, 6.07) is 8.57. The quantitative estimate of drug-likeness (QED) is 0.538. The predicted octanol–water partition coefficient (Wildman–Crippen LogP) is 2.37. The van der Waals surface area contributed by atoms with Crippen molar-refractivity contribution in [3.8, 4) is 6.19 Å². The highest BCUT2D eigenvalue weighted by Gasteiger charge is 2.35. The number of carbonyl (C=O) groups is 3. The van der Waals surface area contributed by atoms with Crippen molar-refractivity contribution in [3.63, 3.8) is 0 Å². The van der Waals surface area contributed by atoms with Crippen molar-refractivity contribution in [2.75, 3.05) is 13.1 Å². The Morgan fingerprint density at radius 1 is 1.15 bits per heavy atom. The molecule has 0 aliphatic carbocycles. The number of nitrogens with one attached hydrogen (secondary N) is 1. The van der Waals surface area contributed by atoms with Crippen LogP contribution in [0.1, 0.15) is 49.2 Å². The minimum atomic E-state index is -0.829. The van der Waals surface area contributed by atoms with E-state index in [2.05, 4.69) is 15.3 Å². The molecule has 0 bridgehead atoms. The van der Waals surface area contributed by atoms with Gasteiger partial charge in [0.05, 0.1) is 18.8 Å². The zero-order valence-electron chi connectivity index (χ0n) is 19.6. The van der Waals surface area contributed by atoms with Crippen LogP contribution < -0.4 is 5.32 Å². The largest absolute Gasteiger partial charge is 0.341 e. The molecule has 2 atom stereocenters. The van der Waals surface area contributed by atoms with Crippen molar-refractivity contribution in [3.05, 3.63) is 60.2 Å². The molecular weight excluding hydrogens is 432 g/mol. The number of hydrogen-bond acceptors (Lipinski definition) is 7. The van der Waals surface area contributed by atoms with Gasteiger partial charge in [0.25, 0.3) is 5.91 Å². The molecule has 1 fully saturated rings. The monoisotopic (exact) mass is 462 g/mol. The Kier molecular flexibility index (Phi) is 8.68. The molecule has 0 saturated carbocycles.